The fourth-order valence-corrected chi connectivity index (χ4v) is 5.71. The number of piperidine rings is 1. The van der Waals surface area contributed by atoms with Gasteiger partial charge in [-0.05, 0) is 45.2 Å². The fraction of sp³-hybridized carbons (Fsp3) is 0.812. The van der Waals surface area contributed by atoms with Crippen LogP contribution in [0.5, 0.6) is 0 Å². The van der Waals surface area contributed by atoms with Gasteiger partial charge in [0.25, 0.3) is 10.0 Å². The van der Waals surface area contributed by atoms with E-state index in [0.717, 1.165) is 25.9 Å². The molecule has 24 heavy (non-hydrogen) atoms. The van der Waals surface area contributed by atoms with Gasteiger partial charge in [0.15, 0.2) is 5.03 Å². The number of hydrogen-bond donors (Lipinski definition) is 0. The first kappa shape index (κ1) is 16.5. The van der Waals surface area contributed by atoms with Crippen molar-refractivity contribution in [3.8, 4) is 0 Å². The third kappa shape index (κ3) is 2.89. The summed E-state index contributed by atoms with van der Waals surface area (Å²) in [6.45, 7) is 4.21. The largest absolute Gasteiger partial charge is 0.373 e. The summed E-state index contributed by atoms with van der Waals surface area (Å²) < 4.78 is 34.8. The van der Waals surface area contributed by atoms with E-state index in [1.54, 1.807) is 22.1 Å². The molecule has 4 rings (SSSR count). The minimum Gasteiger partial charge on any atom is -0.373 e. The fourth-order valence-electron chi connectivity index (χ4n) is 4.30. The van der Waals surface area contributed by atoms with Crippen molar-refractivity contribution in [1.82, 2.24) is 18.8 Å². The molecule has 4 heterocycles. The molecule has 1 spiro atoms. The van der Waals surface area contributed by atoms with Gasteiger partial charge in [-0.3, -0.25) is 4.90 Å². The summed E-state index contributed by atoms with van der Waals surface area (Å²) in [5, 5.41) is 0.142. The van der Waals surface area contributed by atoms with Gasteiger partial charge in [0.2, 0.25) is 0 Å². The number of aromatic nitrogens is 2. The van der Waals surface area contributed by atoms with Crippen LogP contribution in [0, 0.1) is 0 Å². The minimum absolute atomic E-state index is 0.122. The predicted octanol–water partition coefficient (Wildman–Crippen LogP) is 0.828. The molecule has 3 fully saturated rings. The molecule has 0 aromatic carbocycles. The lowest BCUT2D eigenvalue weighted by molar-refractivity contribution is -0.0316. The highest BCUT2D eigenvalue weighted by Gasteiger charge is 2.46. The number of hydrogen-bond acceptors (Lipinski definition) is 5. The average molecular weight is 354 g/mol. The van der Waals surface area contributed by atoms with Crippen LogP contribution >= 0.6 is 0 Å². The molecule has 0 saturated carbocycles. The first-order valence-electron chi connectivity index (χ1n) is 8.85. The molecule has 3 aliphatic rings. The Morgan fingerprint density at radius 3 is 2.54 bits per heavy atom. The molecule has 0 amide bonds. The van der Waals surface area contributed by atoms with Crippen LogP contribution in [0.1, 0.15) is 32.1 Å². The van der Waals surface area contributed by atoms with Gasteiger partial charge in [-0.15, -0.1) is 0 Å². The van der Waals surface area contributed by atoms with Gasteiger partial charge in [0, 0.05) is 32.4 Å². The Morgan fingerprint density at radius 1 is 1.21 bits per heavy atom. The smallest absolute Gasteiger partial charge is 0.262 e. The number of ether oxygens (including phenoxy) is 1. The number of imidazole rings is 1. The Morgan fingerprint density at radius 2 is 1.92 bits per heavy atom. The lowest BCUT2D eigenvalue weighted by Gasteiger charge is -2.38. The first-order valence-corrected chi connectivity index (χ1v) is 10.3. The van der Waals surface area contributed by atoms with Gasteiger partial charge in [0.1, 0.15) is 0 Å². The molecule has 0 N–H and O–H groups in total. The standard InChI is InChI=1S/C16H26N4O3S/c1-18-11-15(17-13-18)24(21,22)20-8-4-16(5-9-20)10-14(12-23-16)19-6-2-3-7-19/h11,13-14H,2-10,12H2,1H3. The van der Waals surface area contributed by atoms with Gasteiger partial charge in [0.05, 0.1) is 18.5 Å². The van der Waals surface area contributed by atoms with Crippen molar-refractivity contribution in [3.05, 3.63) is 12.5 Å². The predicted molar refractivity (Wildman–Crippen MR) is 89.1 cm³/mol. The van der Waals surface area contributed by atoms with Crippen LogP contribution in [0.2, 0.25) is 0 Å². The summed E-state index contributed by atoms with van der Waals surface area (Å²) in [5.41, 5.74) is -0.122. The second-order valence-corrected chi connectivity index (χ2v) is 9.26. The number of aryl methyl sites for hydroxylation is 1. The molecule has 8 heteroatoms. The van der Waals surface area contributed by atoms with E-state index >= 15 is 0 Å². The second kappa shape index (κ2) is 6.09. The molecule has 7 nitrogen and oxygen atoms in total. The Balaban J connectivity index is 1.40. The monoisotopic (exact) mass is 354 g/mol. The van der Waals surface area contributed by atoms with Crippen molar-refractivity contribution in [1.29, 1.82) is 0 Å². The first-order chi connectivity index (χ1) is 11.5. The van der Waals surface area contributed by atoms with Gasteiger partial charge >= 0.3 is 0 Å². The topological polar surface area (TPSA) is 67.7 Å². The Labute approximate surface area is 143 Å². The Hall–Kier alpha value is -0.960. The van der Waals surface area contributed by atoms with E-state index in [4.69, 9.17) is 4.74 Å². The number of sulfonamides is 1. The molecule has 1 aromatic rings. The van der Waals surface area contributed by atoms with Crippen molar-refractivity contribution in [3.63, 3.8) is 0 Å². The van der Waals surface area contributed by atoms with Crippen LogP contribution in [-0.4, -0.2) is 71.6 Å². The summed E-state index contributed by atoms with van der Waals surface area (Å²) in [6.07, 6.45) is 8.28. The van der Waals surface area contributed by atoms with Crippen LogP contribution < -0.4 is 0 Å². The van der Waals surface area contributed by atoms with E-state index in [9.17, 15) is 8.42 Å². The highest BCUT2D eigenvalue weighted by Crippen LogP contribution is 2.39. The van der Waals surface area contributed by atoms with Crippen molar-refractivity contribution in [2.75, 3.05) is 32.8 Å². The summed E-state index contributed by atoms with van der Waals surface area (Å²) in [5.74, 6) is 0. The van der Waals surface area contributed by atoms with Crippen LogP contribution in [0.15, 0.2) is 17.6 Å². The average Bonchev–Trinajstić information content (AvgIpc) is 3.28. The SMILES string of the molecule is Cn1cnc(S(=O)(=O)N2CCC3(CC2)CC(N2CCCC2)CO3)c1. The molecule has 3 saturated heterocycles. The lowest BCUT2D eigenvalue weighted by Crippen LogP contribution is -2.47. The zero-order valence-electron chi connectivity index (χ0n) is 14.2. The Bertz CT molecular complexity index is 688. The zero-order valence-corrected chi connectivity index (χ0v) is 15.0. The van der Waals surface area contributed by atoms with Crippen LogP contribution in [0.3, 0.4) is 0 Å². The van der Waals surface area contributed by atoms with Crippen LogP contribution in [0.25, 0.3) is 0 Å². The highest BCUT2D eigenvalue weighted by molar-refractivity contribution is 7.89. The van der Waals surface area contributed by atoms with E-state index in [1.807, 2.05) is 0 Å². The summed E-state index contributed by atoms with van der Waals surface area (Å²) in [4.78, 5) is 6.56. The maximum atomic E-state index is 12.7. The van der Waals surface area contributed by atoms with E-state index in [0.29, 0.717) is 19.1 Å². The van der Waals surface area contributed by atoms with Crippen LogP contribution in [0.4, 0.5) is 0 Å². The summed E-state index contributed by atoms with van der Waals surface area (Å²) in [6, 6.07) is 0.520. The molecular weight excluding hydrogens is 328 g/mol. The second-order valence-electron chi connectivity index (χ2n) is 7.38. The zero-order chi connectivity index (χ0) is 16.8. The van der Waals surface area contributed by atoms with Gasteiger partial charge in [-0.25, -0.2) is 13.4 Å². The van der Waals surface area contributed by atoms with Crippen molar-refractivity contribution in [2.24, 2.45) is 7.05 Å². The lowest BCUT2D eigenvalue weighted by atomic mass is 9.88. The van der Waals surface area contributed by atoms with Gasteiger partial charge < -0.3 is 9.30 Å². The van der Waals surface area contributed by atoms with Crippen molar-refractivity contribution >= 4 is 10.0 Å². The summed E-state index contributed by atoms with van der Waals surface area (Å²) >= 11 is 0. The van der Waals surface area contributed by atoms with E-state index in [2.05, 4.69) is 9.88 Å². The number of rotatable bonds is 3. The molecule has 3 aliphatic heterocycles. The third-order valence-electron chi connectivity index (χ3n) is 5.77. The Kier molecular flexibility index (Phi) is 4.19. The molecule has 1 aromatic heterocycles. The molecular formula is C16H26N4O3S. The van der Waals surface area contributed by atoms with Crippen molar-refractivity contribution in [2.45, 2.75) is 48.8 Å². The molecule has 134 valence electrons. The molecule has 0 aliphatic carbocycles. The minimum atomic E-state index is -3.48. The molecule has 0 bridgehead atoms. The van der Waals surface area contributed by atoms with Crippen LogP contribution in [-0.2, 0) is 21.8 Å². The molecule has 1 unspecified atom stereocenters. The maximum Gasteiger partial charge on any atom is 0.262 e. The maximum absolute atomic E-state index is 12.7. The number of likely N-dealkylation sites (tertiary alicyclic amines) is 1. The summed E-state index contributed by atoms with van der Waals surface area (Å²) in [7, 11) is -1.70. The van der Waals surface area contributed by atoms with Gasteiger partial charge in [-0.2, -0.15) is 4.31 Å². The van der Waals surface area contributed by atoms with Gasteiger partial charge in [-0.1, -0.05) is 0 Å². The van der Waals surface area contributed by atoms with E-state index in [1.165, 1.54) is 32.3 Å². The van der Waals surface area contributed by atoms with E-state index < -0.39 is 10.0 Å². The quantitative estimate of drug-likeness (QED) is 0.804. The van der Waals surface area contributed by atoms with Crippen molar-refractivity contribution < 1.29 is 13.2 Å². The normalized spacial score (nSPS) is 28.8. The molecule has 1 atom stereocenters. The third-order valence-corrected chi connectivity index (χ3v) is 7.55. The number of nitrogens with zero attached hydrogens (tertiary/aromatic N) is 4. The highest BCUT2D eigenvalue weighted by atomic mass is 32.2. The molecule has 0 radical (unpaired) electrons. The van der Waals surface area contributed by atoms with E-state index in [-0.39, 0.29) is 10.6 Å².